The van der Waals surface area contributed by atoms with Gasteiger partial charge in [-0.15, -0.1) is 0 Å². The van der Waals surface area contributed by atoms with Gasteiger partial charge in [0.25, 0.3) is 0 Å². The van der Waals surface area contributed by atoms with E-state index in [0.29, 0.717) is 5.56 Å². The lowest BCUT2D eigenvalue weighted by molar-refractivity contribution is 0.0600. The van der Waals surface area contributed by atoms with Crippen LogP contribution in [-0.4, -0.2) is 29.2 Å². The Kier molecular flexibility index (Phi) is 5.97. The van der Waals surface area contributed by atoms with Crippen LogP contribution in [0.4, 0.5) is 0 Å². The molecule has 1 aromatic carbocycles. The van der Waals surface area contributed by atoms with E-state index in [0.717, 1.165) is 38.0 Å². The summed E-state index contributed by atoms with van der Waals surface area (Å²) in [6, 6.07) is 7.49. The lowest BCUT2D eigenvalue weighted by Crippen LogP contribution is -2.15. The lowest BCUT2D eigenvalue weighted by atomic mass is 10.1. The molecule has 5 heteroatoms. The van der Waals surface area contributed by atoms with Crippen LogP contribution >= 0.6 is 0 Å². The number of esters is 1. The Hall–Kier alpha value is -2.14. The Bertz CT molecular complexity index is 535. The Labute approximate surface area is 125 Å². The molecule has 1 heterocycles. The predicted molar refractivity (Wildman–Crippen MR) is 80.9 cm³/mol. The van der Waals surface area contributed by atoms with Gasteiger partial charge in [0.05, 0.1) is 19.0 Å². The van der Waals surface area contributed by atoms with Crippen molar-refractivity contribution in [3.63, 3.8) is 0 Å². The fourth-order valence-corrected chi connectivity index (χ4v) is 2.07. The van der Waals surface area contributed by atoms with Crippen LogP contribution in [0, 0.1) is 0 Å². The van der Waals surface area contributed by atoms with E-state index >= 15 is 0 Å². The molecule has 112 valence electrons. The van der Waals surface area contributed by atoms with E-state index < -0.39 is 0 Å². The van der Waals surface area contributed by atoms with Crippen LogP contribution in [-0.2, 0) is 17.8 Å². The predicted octanol–water partition coefficient (Wildman–Crippen LogP) is 2.24. The minimum Gasteiger partial charge on any atom is -0.465 e. The van der Waals surface area contributed by atoms with Gasteiger partial charge < -0.3 is 14.6 Å². The Morgan fingerprint density at radius 2 is 2.10 bits per heavy atom. The highest BCUT2D eigenvalue weighted by molar-refractivity contribution is 5.89. The molecule has 1 N–H and O–H groups in total. The van der Waals surface area contributed by atoms with Crippen LogP contribution in [0.3, 0.4) is 0 Å². The third kappa shape index (κ3) is 5.04. The van der Waals surface area contributed by atoms with Gasteiger partial charge in [-0.2, -0.15) is 0 Å². The monoisotopic (exact) mass is 287 g/mol. The van der Waals surface area contributed by atoms with Crippen LogP contribution in [0.1, 0.15) is 28.8 Å². The van der Waals surface area contributed by atoms with Crippen LogP contribution in [0.5, 0.6) is 0 Å². The number of unbranched alkanes of at least 4 members (excludes halogenated alkanes) is 1. The van der Waals surface area contributed by atoms with Gasteiger partial charge in [0.1, 0.15) is 0 Å². The van der Waals surface area contributed by atoms with E-state index in [4.69, 9.17) is 0 Å². The maximum Gasteiger partial charge on any atom is 0.337 e. The third-order valence-electron chi connectivity index (χ3n) is 3.28. The van der Waals surface area contributed by atoms with Gasteiger partial charge in [-0.1, -0.05) is 12.1 Å². The number of hydrogen-bond donors (Lipinski definition) is 1. The topological polar surface area (TPSA) is 56.1 Å². The number of imidazole rings is 1. The van der Waals surface area contributed by atoms with Gasteiger partial charge in [0, 0.05) is 25.5 Å². The fourth-order valence-electron chi connectivity index (χ4n) is 2.07. The molecule has 0 radical (unpaired) electrons. The van der Waals surface area contributed by atoms with Crippen molar-refractivity contribution in [1.29, 1.82) is 0 Å². The van der Waals surface area contributed by atoms with Crippen molar-refractivity contribution in [2.45, 2.75) is 25.9 Å². The largest absolute Gasteiger partial charge is 0.465 e. The number of methoxy groups -OCH3 is 1. The molecule has 0 aliphatic rings. The smallest absolute Gasteiger partial charge is 0.337 e. The van der Waals surface area contributed by atoms with E-state index in [9.17, 15) is 4.79 Å². The molecule has 0 saturated heterocycles. The molecule has 2 rings (SSSR count). The molecule has 0 aliphatic carbocycles. The average Bonchev–Trinajstić information content (AvgIpc) is 3.04. The number of carbonyl (C=O) groups is 1. The number of nitrogens with one attached hydrogen (secondary N) is 1. The highest BCUT2D eigenvalue weighted by atomic mass is 16.5. The number of benzene rings is 1. The van der Waals surface area contributed by atoms with Crippen molar-refractivity contribution in [2.24, 2.45) is 0 Å². The number of nitrogens with zero attached hydrogens (tertiary/aromatic N) is 2. The second-order valence-corrected chi connectivity index (χ2v) is 4.87. The first-order valence-corrected chi connectivity index (χ1v) is 7.13. The van der Waals surface area contributed by atoms with E-state index in [2.05, 4.69) is 19.6 Å². The maximum atomic E-state index is 11.3. The van der Waals surface area contributed by atoms with E-state index in [1.165, 1.54) is 7.11 Å². The summed E-state index contributed by atoms with van der Waals surface area (Å²) in [6.45, 7) is 2.80. The quantitative estimate of drug-likeness (QED) is 0.597. The molecule has 2 aromatic rings. The zero-order chi connectivity index (χ0) is 14.9. The summed E-state index contributed by atoms with van der Waals surface area (Å²) in [4.78, 5) is 15.3. The molecule has 0 saturated carbocycles. The Morgan fingerprint density at radius 3 is 2.76 bits per heavy atom. The molecule has 0 bridgehead atoms. The maximum absolute atomic E-state index is 11.3. The second-order valence-electron chi connectivity index (χ2n) is 4.87. The molecule has 0 atom stereocenters. The first-order chi connectivity index (χ1) is 10.3. The van der Waals surface area contributed by atoms with Crippen LogP contribution in [0.15, 0.2) is 43.0 Å². The third-order valence-corrected chi connectivity index (χ3v) is 3.28. The zero-order valence-corrected chi connectivity index (χ0v) is 12.3. The van der Waals surface area contributed by atoms with Gasteiger partial charge in [-0.25, -0.2) is 9.78 Å². The number of aromatic nitrogens is 2. The SMILES string of the molecule is COC(=O)c1ccc(CNCCCCn2ccnc2)cc1. The molecule has 0 spiro atoms. The standard InChI is InChI=1S/C16H21N3O2/c1-21-16(20)15-6-4-14(5-7-15)12-17-8-2-3-10-19-11-9-18-13-19/h4-7,9,11,13,17H,2-3,8,10,12H2,1H3. The molecular formula is C16H21N3O2. The summed E-state index contributed by atoms with van der Waals surface area (Å²) in [5.74, 6) is -0.297. The molecular weight excluding hydrogens is 266 g/mol. The molecule has 5 nitrogen and oxygen atoms in total. The van der Waals surface area contributed by atoms with Gasteiger partial charge in [0.15, 0.2) is 0 Å². The summed E-state index contributed by atoms with van der Waals surface area (Å²) in [7, 11) is 1.39. The van der Waals surface area contributed by atoms with Crippen molar-refractivity contribution in [3.8, 4) is 0 Å². The number of hydrogen-bond acceptors (Lipinski definition) is 4. The minimum absolute atomic E-state index is 0.297. The van der Waals surface area contributed by atoms with Gasteiger partial charge in [0.2, 0.25) is 0 Å². The van der Waals surface area contributed by atoms with Gasteiger partial charge in [-0.05, 0) is 37.1 Å². The summed E-state index contributed by atoms with van der Waals surface area (Å²) in [6.07, 6.45) is 7.88. The second kappa shape index (κ2) is 8.21. The van der Waals surface area contributed by atoms with Crippen LogP contribution in [0.25, 0.3) is 0 Å². The van der Waals surface area contributed by atoms with Crippen LogP contribution in [0.2, 0.25) is 0 Å². The van der Waals surface area contributed by atoms with Crippen molar-refractivity contribution in [3.05, 3.63) is 54.1 Å². The number of aryl methyl sites for hydroxylation is 1. The summed E-state index contributed by atoms with van der Waals surface area (Å²) >= 11 is 0. The Balaban J connectivity index is 1.61. The van der Waals surface area contributed by atoms with E-state index in [1.54, 1.807) is 18.3 Å². The average molecular weight is 287 g/mol. The van der Waals surface area contributed by atoms with Crippen LogP contribution < -0.4 is 5.32 Å². The zero-order valence-electron chi connectivity index (χ0n) is 12.3. The Morgan fingerprint density at radius 1 is 1.29 bits per heavy atom. The normalized spacial score (nSPS) is 10.5. The summed E-state index contributed by atoms with van der Waals surface area (Å²) < 4.78 is 6.76. The van der Waals surface area contributed by atoms with Crippen molar-refractivity contribution in [2.75, 3.05) is 13.7 Å². The molecule has 0 aliphatic heterocycles. The highest BCUT2D eigenvalue weighted by Gasteiger charge is 2.03. The first kappa shape index (κ1) is 15.3. The molecule has 0 fully saturated rings. The first-order valence-electron chi connectivity index (χ1n) is 7.13. The molecule has 0 amide bonds. The number of rotatable bonds is 8. The number of ether oxygens (including phenoxy) is 1. The molecule has 21 heavy (non-hydrogen) atoms. The highest BCUT2D eigenvalue weighted by Crippen LogP contribution is 2.05. The van der Waals surface area contributed by atoms with E-state index in [1.807, 2.05) is 24.7 Å². The lowest BCUT2D eigenvalue weighted by Gasteiger charge is -2.06. The van der Waals surface area contributed by atoms with Crippen molar-refractivity contribution in [1.82, 2.24) is 14.9 Å². The number of carbonyl (C=O) groups excluding carboxylic acids is 1. The van der Waals surface area contributed by atoms with Crippen molar-refractivity contribution < 1.29 is 9.53 Å². The molecule has 0 unspecified atom stereocenters. The van der Waals surface area contributed by atoms with Gasteiger partial charge in [-0.3, -0.25) is 0 Å². The van der Waals surface area contributed by atoms with E-state index in [-0.39, 0.29) is 5.97 Å². The fraction of sp³-hybridized carbons (Fsp3) is 0.375. The minimum atomic E-state index is -0.297. The summed E-state index contributed by atoms with van der Waals surface area (Å²) in [5, 5.41) is 3.40. The molecule has 1 aromatic heterocycles. The summed E-state index contributed by atoms with van der Waals surface area (Å²) in [5.41, 5.74) is 1.75. The van der Waals surface area contributed by atoms with Gasteiger partial charge >= 0.3 is 5.97 Å². The van der Waals surface area contributed by atoms with Crippen molar-refractivity contribution >= 4 is 5.97 Å².